The van der Waals surface area contributed by atoms with Gasteiger partial charge in [-0.15, -0.1) is 0 Å². The normalized spacial score (nSPS) is 13.4. The fourth-order valence-corrected chi connectivity index (χ4v) is 14.0. The van der Waals surface area contributed by atoms with E-state index >= 15 is 0 Å². The lowest BCUT2D eigenvalue weighted by atomic mass is 9.82. The van der Waals surface area contributed by atoms with E-state index in [-0.39, 0.29) is 5.41 Å². The summed E-state index contributed by atoms with van der Waals surface area (Å²) in [6.45, 7) is 11.7. The maximum atomic E-state index is 6.28. The summed E-state index contributed by atoms with van der Waals surface area (Å²) in [4.78, 5) is 14.1. The molecule has 0 radical (unpaired) electrons. The van der Waals surface area contributed by atoms with Crippen molar-refractivity contribution in [1.82, 2.24) is 23.7 Å². The van der Waals surface area contributed by atoms with Crippen LogP contribution in [0.15, 0.2) is 260 Å². The number of hydrogen-bond acceptors (Lipinski definition) is 4. The van der Waals surface area contributed by atoms with Crippen LogP contribution in [0.3, 0.4) is 0 Å². The molecule has 7 nitrogen and oxygen atoms in total. The molecule has 0 fully saturated rings. The van der Waals surface area contributed by atoms with Gasteiger partial charge in [0.15, 0.2) is 11.6 Å². The van der Waals surface area contributed by atoms with Gasteiger partial charge >= 0.3 is 0 Å². The van der Waals surface area contributed by atoms with Crippen LogP contribution in [0.1, 0.15) is 31.9 Å². The van der Waals surface area contributed by atoms with Crippen molar-refractivity contribution in [2.24, 2.45) is 0 Å². The Balaban J connectivity index is 0.931. The van der Waals surface area contributed by atoms with Crippen molar-refractivity contribution in [2.75, 3.05) is 4.90 Å². The molecule has 1 aliphatic rings. The number of fused-ring (bicyclic) bond motifs is 15. The van der Waals surface area contributed by atoms with E-state index in [1.165, 1.54) is 38.4 Å². The second kappa shape index (κ2) is 18.5. The molecule has 16 aromatic rings. The molecule has 11 aromatic carbocycles. The number of rotatable bonds is 8. The van der Waals surface area contributed by atoms with Gasteiger partial charge in [-0.25, -0.2) is 9.97 Å². The lowest BCUT2D eigenvalue weighted by molar-refractivity contribution is 0.661. The summed E-state index contributed by atoms with van der Waals surface area (Å²) in [6, 6.07) is 89.4. The quantitative estimate of drug-likeness (QED) is 0.152. The number of anilines is 3. The number of hydrogen-bond donors (Lipinski definition) is 0. The predicted molar refractivity (Wildman–Crippen MR) is 354 cm³/mol. The first-order chi connectivity index (χ1) is 41.8. The van der Waals surface area contributed by atoms with Crippen molar-refractivity contribution >= 4 is 122 Å². The minimum atomic E-state index is -0.190. The Labute approximate surface area is 489 Å². The molecular weight excluding hydrogens is 1040 g/mol. The van der Waals surface area contributed by atoms with Crippen molar-refractivity contribution in [1.29, 1.82) is 0 Å². The third-order valence-electron chi connectivity index (χ3n) is 17.9. The van der Waals surface area contributed by atoms with E-state index in [9.17, 15) is 0 Å². The molecular formula is C78H54N6O. The largest absolute Gasteiger partial charge is 0.456 e. The Morgan fingerprint density at radius 1 is 0.435 bits per heavy atom. The summed E-state index contributed by atoms with van der Waals surface area (Å²) in [7, 11) is 0. The SMILES string of the molecule is C=C(/C=c1/nc(N(c2ccccc2)c2ccc3c4ccccc4n(-c4ccccc4)c3c2)c(-n2c3ccccc3c3cc(-c4ccc5oc6ccccc6c5c4)ccc32)n/c1=C/C)n1c2ccccc2c2cc3c(cc21)C(C)(C)c1ccccc1-3. The van der Waals surface area contributed by atoms with Gasteiger partial charge in [0.25, 0.3) is 0 Å². The van der Waals surface area contributed by atoms with Crippen LogP contribution in [0.4, 0.5) is 17.2 Å². The Bertz CT molecular complexity index is 5620. The molecule has 0 saturated heterocycles. The van der Waals surface area contributed by atoms with Gasteiger partial charge in [-0.05, 0) is 143 Å². The van der Waals surface area contributed by atoms with Gasteiger partial charge < -0.3 is 13.6 Å². The van der Waals surface area contributed by atoms with Gasteiger partial charge in [-0.3, -0.25) is 9.47 Å². The summed E-state index contributed by atoms with van der Waals surface area (Å²) in [5.41, 5.74) is 19.2. The zero-order chi connectivity index (χ0) is 56.7. The van der Waals surface area contributed by atoms with E-state index in [0.717, 1.165) is 110 Å². The monoisotopic (exact) mass is 1090 g/mol. The smallest absolute Gasteiger partial charge is 0.182 e. The molecule has 5 heterocycles. The van der Waals surface area contributed by atoms with Gasteiger partial charge in [0.2, 0.25) is 0 Å². The zero-order valence-electron chi connectivity index (χ0n) is 47.1. The van der Waals surface area contributed by atoms with E-state index < -0.39 is 0 Å². The minimum absolute atomic E-state index is 0.190. The second-order valence-electron chi connectivity index (χ2n) is 23.0. The van der Waals surface area contributed by atoms with E-state index in [0.29, 0.717) is 17.0 Å². The lowest BCUT2D eigenvalue weighted by Crippen LogP contribution is -2.35. The molecule has 0 amide bonds. The van der Waals surface area contributed by atoms with E-state index in [1.807, 2.05) is 12.1 Å². The Kier molecular flexibility index (Phi) is 10.6. The van der Waals surface area contributed by atoms with Crippen molar-refractivity contribution in [3.05, 3.63) is 277 Å². The van der Waals surface area contributed by atoms with Crippen molar-refractivity contribution in [2.45, 2.75) is 26.2 Å². The van der Waals surface area contributed by atoms with E-state index in [4.69, 9.17) is 21.0 Å². The van der Waals surface area contributed by atoms with Gasteiger partial charge in [0, 0.05) is 71.3 Å². The first kappa shape index (κ1) is 48.7. The van der Waals surface area contributed by atoms with Crippen molar-refractivity contribution in [3.63, 3.8) is 0 Å². The number of aromatic nitrogens is 5. The minimum Gasteiger partial charge on any atom is -0.456 e. The highest BCUT2D eigenvalue weighted by molar-refractivity contribution is 6.15. The standard InChI is InChI=1S/C78H54N6O/c1-5-66-67(42-48(2)81-68-32-18-14-29-57(68)62-46-60-54-26-12-17-31-64(54)78(3,4)65(60)47-73(62)81)80-76(82(51-22-8-6-9-23-51)53-38-39-58-55-27-13-19-33-69(55)83(72(58)45-53)52-24-10-7-11-25-52)77(79-66)84-70-34-20-15-28-56(70)61-43-49(36-40-71(61)84)50-37-41-75-63(44-50)59-30-16-21-35-74(59)85-75/h5-47H,2H2,1,3-4H3/b66-5+,67-42+. The van der Waals surface area contributed by atoms with Crippen LogP contribution >= 0.6 is 0 Å². The molecule has 1 aliphatic carbocycles. The van der Waals surface area contributed by atoms with Crippen molar-refractivity contribution in [3.8, 4) is 33.8 Å². The third-order valence-corrected chi connectivity index (χ3v) is 17.9. The maximum Gasteiger partial charge on any atom is 0.182 e. The van der Waals surface area contributed by atoms with Crippen LogP contribution < -0.4 is 15.6 Å². The van der Waals surface area contributed by atoms with Crippen LogP contribution in [-0.4, -0.2) is 23.7 Å². The first-order valence-corrected chi connectivity index (χ1v) is 29.1. The first-order valence-electron chi connectivity index (χ1n) is 29.1. The number of nitrogens with zero attached hydrogens (tertiary/aromatic N) is 6. The molecule has 402 valence electrons. The summed E-state index contributed by atoms with van der Waals surface area (Å²) >= 11 is 0. The summed E-state index contributed by atoms with van der Waals surface area (Å²) in [5.74, 6) is 1.34. The molecule has 0 bridgehead atoms. The van der Waals surface area contributed by atoms with Gasteiger partial charge in [-0.2, -0.15) is 0 Å². The van der Waals surface area contributed by atoms with E-state index in [1.54, 1.807) is 0 Å². The molecule has 0 aliphatic heterocycles. The van der Waals surface area contributed by atoms with E-state index in [2.05, 4.69) is 288 Å². The third kappa shape index (κ3) is 7.26. The fraction of sp³-hybridized carbons (Fsp3) is 0.0513. The fourth-order valence-electron chi connectivity index (χ4n) is 14.0. The Hall–Kier alpha value is -11.0. The molecule has 5 aromatic heterocycles. The average molecular weight is 1090 g/mol. The highest BCUT2D eigenvalue weighted by Crippen LogP contribution is 2.51. The molecule has 0 saturated carbocycles. The molecule has 85 heavy (non-hydrogen) atoms. The summed E-state index contributed by atoms with van der Waals surface area (Å²) < 4.78 is 13.3. The number of furan rings is 1. The summed E-state index contributed by atoms with van der Waals surface area (Å²) in [5, 5.41) is 10.5. The molecule has 7 heteroatoms. The zero-order valence-corrected chi connectivity index (χ0v) is 47.1. The van der Waals surface area contributed by atoms with Gasteiger partial charge in [0.1, 0.15) is 11.2 Å². The van der Waals surface area contributed by atoms with Crippen LogP contribution in [0, 0.1) is 0 Å². The molecule has 0 atom stereocenters. The topological polar surface area (TPSA) is 57.0 Å². The summed E-state index contributed by atoms with van der Waals surface area (Å²) in [6.07, 6.45) is 4.21. The molecule has 0 unspecified atom stereocenters. The van der Waals surface area contributed by atoms with Crippen LogP contribution in [-0.2, 0) is 5.41 Å². The predicted octanol–water partition coefficient (Wildman–Crippen LogP) is 18.9. The second-order valence-corrected chi connectivity index (χ2v) is 23.0. The molecule has 0 N–H and O–H groups in total. The Morgan fingerprint density at radius 2 is 1.02 bits per heavy atom. The lowest BCUT2D eigenvalue weighted by Gasteiger charge is -2.27. The van der Waals surface area contributed by atoms with Crippen LogP contribution in [0.2, 0.25) is 0 Å². The van der Waals surface area contributed by atoms with Crippen molar-refractivity contribution < 1.29 is 4.42 Å². The maximum absolute atomic E-state index is 6.28. The number of allylic oxidation sites excluding steroid dienone is 1. The van der Waals surface area contributed by atoms with Gasteiger partial charge in [0.05, 0.1) is 43.8 Å². The van der Waals surface area contributed by atoms with Gasteiger partial charge in [-0.1, -0.05) is 178 Å². The highest BCUT2D eigenvalue weighted by Gasteiger charge is 2.36. The molecule has 17 rings (SSSR count). The highest BCUT2D eigenvalue weighted by atomic mass is 16.3. The van der Waals surface area contributed by atoms with Crippen LogP contribution in [0.5, 0.6) is 0 Å². The average Bonchev–Trinajstić information content (AvgIpc) is 1.70. The number of benzene rings is 11. The Morgan fingerprint density at radius 3 is 1.80 bits per heavy atom. The molecule has 0 spiro atoms. The number of para-hydroxylation sites is 6. The van der Waals surface area contributed by atoms with Crippen LogP contribution in [0.25, 0.3) is 139 Å².